The second-order valence-electron chi connectivity index (χ2n) is 5.66. The van der Waals surface area contributed by atoms with Crippen LogP contribution in [0.4, 0.5) is 0 Å². The molecule has 1 N–H and O–H groups in total. The lowest BCUT2D eigenvalue weighted by Gasteiger charge is -2.18. The van der Waals surface area contributed by atoms with Gasteiger partial charge in [-0.1, -0.05) is 37.3 Å². The average molecular weight is 269 g/mol. The van der Waals surface area contributed by atoms with Crippen molar-refractivity contribution < 1.29 is 0 Å². The van der Waals surface area contributed by atoms with Crippen LogP contribution in [0.2, 0.25) is 0 Å². The summed E-state index contributed by atoms with van der Waals surface area (Å²) in [6.07, 6.45) is 4.32. The molecule has 1 aliphatic carbocycles. The lowest BCUT2D eigenvalue weighted by atomic mass is 10.0. The van der Waals surface area contributed by atoms with E-state index in [-0.39, 0.29) is 0 Å². The van der Waals surface area contributed by atoms with Crippen LogP contribution in [-0.4, -0.2) is 16.8 Å². The Labute approximate surface area is 121 Å². The third kappa shape index (κ3) is 2.50. The molecular formula is C17H23N3. The molecule has 0 radical (unpaired) electrons. The van der Waals surface area contributed by atoms with Crippen LogP contribution < -0.4 is 5.32 Å². The normalized spacial score (nSPS) is 22.7. The van der Waals surface area contributed by atoms with Crippen LogP contribution in [0.15, 0.2) is 42.6 Å². The topological polar surface area (TPSA) is 29.9 Å². The van der Waals surface area contributed by atoms with E-state index < -0.39 is 0 Å². The van der Waals surface area contributed by atoms with Crippen molar-refractivity contribution in [2.24, 2.45) is 5.92 Å². The minimum absolute atomic E-state index is 0.411. The molecule has 3 nitrogen and oxygen atoms in total. The maximum atomic E-state index is 4.46. The lowest BCUT2D eigenvalue weighted by Crippen LogP contribution is -2.23. The van der Waals surface area contributed by atoms with Crippen LogP contribution in [0.25, 0.3) is 0 Å². The maximum absolute atomic E-state index is 4.46. The average Bonchev–Trinajstić information content (AvgIpc) is 3.14. The summed E-state index contributed by atoms with van der Waals surface area (Å²) in [7, 11) is 2.06. The number of nitrogens with one attached hydrogen (secondary N) is 1. The Morgan fingerprint density at radius 3 is 2.80 bits per heavy atom. The molecule has 0 amide bonds. The van der Waals surface area contributed by atoms with Gasteiger partial charge < -0.3 is 5.32 Å². The third-order valence-corrected chi connectivity index (χ3v) is 4.31. The van der Waals surface area contributed by atoms with Crippen molar-refractivity contribution in [3.05, 3.63) is 53.9 Å². The highest BCUT2D eigenvalue weighted by atomic mass is 15.3. The van der Waals surface area contributed by atoms with E-state index in [9.17, 15) is 0 Å². The summed E-state index contributed by atoms with van der Waals surface area (Å²) in [5.74, 6) is 1.38. The van der Waals surface area contributed by atoms with Crippen molar-refractivity contribution in [1.29, 1.82) is 0 Å². The minimum atomic E-state index is 0.411. The van der Waals surface area contributed by atoms with Gasteiger partial charge in [-0.25, -0.2) is 0 Å². The Hall–Kier alpha value is -1.61. The molecule has 1 heterocycles. The van der Waals surface area contributed by atoms with Crippen LogP contribution in [0.1, 0.15) is 43.0 Å². The quantitative estimate of drug-likeness (QED) is 0.871. The number of benzene rings is 1. The van der Waals surface area contributed by atoms with Crippen molar-refractivity contribution in [3.8, 4) is 0 Å². The van der Waals surface area contributed by atoms with E-state index in [1.165, 1.54) is 17.7 Å². The molecule has 3 unspecified atom stereocenters. The fourth-order valence-electron chi connectivity index (χ4n) is 3.25. The molecular weight excluding hydrogens is 246 g/mol. The molecule has 1 aromatic carbocycles. The van der Waals surface area contributed by atoms with Gasteiger partial charge in [-0.15, -0.1) is 0 Å². The molecule has 3 rings (SSSR count). The van der Waals surface area contributed by atoms with Crippen LogP contribution in [0.5, 0.6) is 0 Å². The summed E-state index contributed by atoms with van der Waals surface area (Å²) >= 11 is 0. The summed E-state index contributed by atoms with van der Waals surface area (Å²) in [5, 5.41) is 7.96. The standard InChI is InChI=1S/C17H23N3/c1-3-11-20-16(9-10-19-20)17(18-2)15-12-14(15)13-7-5-4-6-8-13/h4-10,14-15,17-18H,3,11-12H2,1-2H3. The van der Waals surface area contributed by atoms with E-state index in [1.807, 2.05) is 6.20 Å². The lowest BCUT2D eigenvalue weighted by molar-refractivity contribution is 0.456. The molecule has 106 valence electrons. The molecule has 0 spiro atoms. The number of aromatic nitrogens is 2. The molecule has 0 aliphatic heterocycles. The van der Waals surface area contributed by atoms with Crippen LogP contribution in [-0.2, 0) is 6.54 Å². The predicted molar refractivity (Wildman–Crippen MR) is 81.6 cm³/mol. The van der Waals surface area contributed by atoms with Gasteiger partial charge in [-0.05, 0) is 43.4 Å². The zero-order chi connectivity index (χ0) is 13.9. The van der Waals surface area contributed by atoms with Gasteiger partial charge in [-0.3, -0.25) is 4.68 Å². The molecule has 0 bridgehead atoms. The molecule has 0 saturated heterocycles. The van der Waals surface area contributed by atoms with E-state index >= 15 is 0 Å². The molecule has 1 aliphatic rings. The van der Waals surface area contributed by atoms with Crippen molar-refractivity contribution in [2.45, 2.75) is 38.3 Å². The summed E-state index contributed by atoms with van der Waals surface area (Å²) in [6, 6.07) is 13.4. The van der Waals surface area contributed by atoms with Crippen LogP contribution in [0.3, 0.4) is 0 Å². The summed E-state index contributed by atoms with van der Waals surface area (Å²) < 4.78 is 2.15. The second-order valence-corrected chi connectivity index (χ2v) is 5.66. The fraction of sp³-hybridized carbons (Fsp3) is 0.471. The van der Waals surface area contributed by atoms with Crippen LogP contribution >= 0.6 is 0 Å². The first-order valence-corrected chi connectivity index (χ1v) is 7.59. The zero-order valence-electron chi connectivity index (χ0n) is 12.3. The number of hydrogen-bond donors (Lipinski definition) is 1. The van der Waals surface area contributed by atoms with Crippen molar-refractivity contribution in [1.82, 2.24) is 15.1 Å². The molecule has 1 aromatic heterocycles. The Morgan fingerprint density at radius 1 is 1.30 bits per heavy atom. The monoisotopic (exact) mass is 269 g/mol. The Balaban J connectivity index is 1.77. The molecule has 3 heteroatoms. The van der Waals surface area contributed by atoms with Gasteiger partial charge in [0.05, 0.1) is 11.7 Å². The first kappa shape index (κ1) is 13.4. The number of nitrogens with zero attached hydrogens (tertiary/aromatic N) is 2. The van der Waals surface area contributed by atoms with E-state index in [1.54, 1.807) is 0 Å². The second kappa shape index (κ2) is 5.80. The molecule has 1 fully saturated rings. The number of hydrogen-bond acceptors (Lipinski definition) is 2. The van der Waals surface area contributed by atoms with Crippen molar-refractivity contribution in [2.75, 3.05) is 7.05 Å². The SMILES string of the molecule is CCCn1nccc1C(NC)C1CC1c1ccccc1. The largest absolute Gasteiger partial charge is 0.311 e. The Kier molecular flexibility index (Phi) is 3.88. The molecule has 3 atom stereocenters. The molecule has 2 aromatic rings. The third-order valence-electron chi connectivity index (χ3n) is 4.31. The van der Waals surface area contributed by atoms with Gasteiger partial charge in [-0.2, -0.15) is 5.10 Å². The highest BCUT2D eigenvalue weighted by Crippen LogP contribution is 2.53. The maximum Gasteiger partial charge on any atom is 0.0556 e. The van der Waals surface area contributed by atoms with Gasteiger partial charge in [0.15, 0.2) is 0 Å². The first-order valence-electron chi connectivity index (χ1n) is 7.59. The van der Waals surface area contributed by atoms with E-state index in [0.29, 0.717) is 17.9 Å². The minimum Gasteiger partial charge on any atom is -0.311 e. The van der Waals surface area contributed by atoms with Crippen LogP contribution in [0, 0.1) is 5.92 Å². The fourth-order valence-corrected chi connectivity index (χ4v) is 3.25. The summed E-state index contributed by atoms with van der Waals surface area (Å²) in [5.41, 5.74) is 2.80. The number of aryl methyl sites for hydroxylation is 1. The van der Waals surface area contributed by atoms with Gasteiger partial charge in [0.1, 0.15) is 0 Å². The highest BCUT2D eigenvalue weighted by molar-refractivity contribution is 5.28. The van der Waals surface area contributed by atoms with E-state index in [0.717, 1.165) is 13.0 Å². The van der Waals surface area contributed by atoms with E-state index in [2.05, 4.69) is 65.5 Å². The summed E-state index contributed by atoms with van der Waals surface area (Å²) in [6.45, 7) is 3.20. The van der Waals surface area contributed by atoms with Gasteiger partial charge in [0.25, 0.3) is 0 Å². The molecule has 1 saturated carbocycles. The highest BCUT2D eigenvalue weighted by Gasteiger charge is 2.44. The summed E-state index contributed by atoms with van der Waals surface area (Å²) in [4.78, 5) is 0. The number of rotatable bonds is 6. The predicted octanol–water partition coefficient (Wildman–Crippen LogP) is 3.36. The first-order chi connectivity index (χ1) is 9.85. The Morgan fingerprint density at radius 2 is 2.10 bits per heavy atom. The van der Waals surface area contributed by atoms with Crippen molar-refractivity contribution >= 4 is 0 Å². The smallest absolute Gasteiger partial charge is 0.0556 e. The van der Waals surface area contributed by atoms with E-state index in [4.69, 9.17) is 0 Å². The van der Waals surface area contributed by atoms with Gasteiger partial charge in [0.2, 0.25) is 0 Å². The zero-order valence-corrected chi connectivity index (χ0v) is 12.3. The van der Waals surface area contributed by atoms with Crippen molar-refractivity contribution in [3.63, 3.8) is 0 Å². The molecule has 20 heavy (non-hydrogen) atoms. The Bertz CT molecular complexity index is 546. The van der Waals surface area contributed by atoms with Gasteiger partial charge >= 0.3 is 0 Å². The van der Waals surface area contributed by atoms with Gasteiger partial charge in [0, 0.05) is 12.7 Å².